The first-order valence-corrected chi connectivity index (χ1v) is 9.83. The first-order valence-electron chi connectivity index (χ1n) is 9.83. The van der Waals surface area contributed by atoms with E-state index >= 15 is 0 Å². The average molecular weight is 368 g/mol. The molecule has 0 spiro atoms. The number of piperazine rings is 1. The molecule has 2 aromatic rings. The highest BCUT2D eigenvalue weighted by atomic mass is 16.5. The quantitative estimate of drug-likeness (QED) is 0.887. The zero-order valence-corrected chi connectivity index (χ0v) is 16.2. The van der Waals surface area contributed by atoms with E-state index in [1.165, 1.54) is 25.9 Å². The van der Waals surface area contributed by atoms with Crippen LogP contribution >= 0.6 is 0 Å². The molecule has 7 nitrogen and oxygen atoms in total. The van der Waals surface area contributed by atoms with E-state index in [4.69, 9.17) is 4.74 Å². The summed E-state index contributed by atoms with van der Waals surface area (Å²) in [5, 5.41) is 3.44. The first-order chi connectivity index (χ1) is 13.2. The van der Waals surface area contributed by atoms with E-state index in [9.17, 15) is 0 Å². The van der Waals surface area contributed by atoms with Crippen LogP contribution in [0, 0.1) is 13.8 Å². The van der Waals surface area contributed by atoms with Gasteiger partial charge in [-0.15, -0.1) is 0 Å². The van der Waals surface area contributed by atoms with Gasteiger partial charge in [0.25, 0.3) is 0 Å². The van der Waals surface area contributed by atoms with E-state index in [1.54, 1.807) is 12.5 Å². The number of rotatable bonds is 4. The Balaban J connectivity index is 1.44. The van der Waals surface area contributed by atoms with Crippen molar-refractivity contribution in [2.45, 2.75) is 32.7 Å². The van der Waals surface area contributed by atoms with Crippen LogP contribution in [0.3, 0.4) is 0 Å². The van der Waals surface area contributed by atoms with Crippen molar-refractivity contribution in [2.75, 3.05) is 44.2 Å². The van der Waals surface area contributed by atoms with Crippen molar-refractivity contribution >= 4 is 5.82 Å². The number of pyridine rings is 1. The summed E-state index contributed by atoms with van der Waals surface area (Å²) in [6.07, 6.45) is 5.73. The number of aryl methyl sites for hydroxylation is 1. The summed E-state index contributed by atoms with van der Waals surface area (Å²) in [5.74, 6) is 2.34. The summed E-state index contributed by atoms with van der Waals surface area (Å²) < 4.78 is 6.03. The number of hydrogen-bond donors (Lipinski definition) is 1. The van der Waals surface area contributed by atoms with Crippen molar-refractivity contribution in [3.05, 3.63) is 35.9 Å². The second-order valence-corrected chi connectivity index (χ2v) is 7.32. The molecule has 0 radical (unpaired) electrons. The maximum atomic E-state index is 6.03. The summed E-state index contributed by atoms with van der Waals surface area (Å²) in [6, 6.07) is 4.49. The minimum atomic E-state index is 0.611. The normalized spacial score (nSPS) is 19.3. The molecule has 0 saturated carbocycles. The van der Waals surface area contributed by atoms with E-state index in [0.717, 1.165) is 49.0 Å². The van der Waals surface area contributed by atoms with Crippen LogP contribution in [-0.4, -0.2) is 65.2 Å². The van der Waals surface area contributed by atoms with Gasteiger partial charge < -0.3 is 15.0 Å². The van der Waals surface area contributed by atoms with E-state index in [0.29, 0.717) is 11.9 Å². The van der Waals surface area contributed by atoms with Crippen LogP contribution in [0.25, 0.3) is 0 Å². The van der Waals surface area contributed by atoms with Gasteiger partial charge in [0, 0.05) is 51.5 Å². The molecular formula is C20H28N6O. The van der Waals surface area contributed by atoms with Gasteiger partial charge in [-0.05, 0) is 38.8 Å². The highest BCUT2D eigenvalue weighted by Crippen LogP contribution is 2.31. The van der Waals surface area contributed by atoms with Crippen LogP contribution in [0.15, 0.2) is 24.7 Å². The Morgan fingerprint density at radius 2 is 1.81 bits per heavy atom. The molecule has 0 unspecified atom stereocenters. The van der Waals surface area contributed by atoms with Gasteiger partial charge in [-0.2, -0.15) is 0 Å². The number of anilines is 1. The second-order valence-electron chi connectivity index (χ2n) is 7.32. The lowest BCUT2D eigenvalue weighted by Gasteiger charge is -2.41. The lowest BCUT2D eigenvalue weighted by atomic mass is 10.0. The summed E-state index contributed by atoms with van der Waals surface area (Å²) in [4.78, 5) is 18.2. The zero-order valence-electron chi connectivity index (χ0n) is 16.2. The van der Waals surface area contributed by atoms with Crippen LogP contribution in [0.2, 0.25) is 0 Å². The van der Waals surface area contributed by atoms with E-state index < -0.39 is 0 Å². The maximum Gasteiger partial charge on any atom is 0.227 e. The number of ether oxygens (including phenoxy) is 1. The molecule has 27 heavy (non-hydrogen) atoms. The lowest BCUT2D eigenvalue weighted by Crippen LogP contribution is -2.52. The highest BCUT2D eigenvalue weighted by Gasteiger charge is 2.27. The van der Waals surface area contributed by atoms with E-state index in [1.807, 2.05) is 26.0 Å². The van der Waals surface area contributed by atoms with Crippen LogP contribution in [0.1, 0.15) is 24.1 Å². The topological polar surface area (TPSA) is 66.4 Å². The van der Waals surface area contributed by atoms with Gasteiger partial charge in [0.15, 0.2) is 5.75 Å². The van der Waals surface area contributed by atoms with Gasteiger partial charge in [-0.1, -0.05) is 0 Å². The summed E-state index contributed by atoms with van der Waals surface area (Å²) in [7, 11) is 0. The molecule has 0 bridgehead atoms. The molecule has 0 atom stereocenters. The molecule has 2 aliphatic heterocycles. The Bertz CT molecular complexity index is 769. The SMILES string of the molecule is Cc1ncccc1Oc1ncnc(N2CCC(N3CCNCC3)CC2)c1C. The third-order valence-corrected chi connectivity index (χ3v) is 5.61. The highest BCUT2D eigenvalue weighted by molar-refractivity contribution is 5.51. The van der Waals surface area contributed by atoms with Crippen LogP contribution in [-0.2, 0) is 0 Å². The smallest absolute Gasteiger partial charge is 0.227 e. The predicted molar refractivity (Wildman–Crippen MR) is 105 cm³/mol. The van der Waals surface area contributed by atoms with Gasteiger partial charge in [-0.3, -0.25) is 9.88 Å². The predicted octanol–water partition coefficient (Wildman–Crippen LogP) is 2.15. The second kappa shape index (κ2) is 8.19. The zero-order chi connectivity index (χ0) is 18.6. The molecule has 0 aliphatic carbocycles. The van der Waals surface area contributed by atoms with Gasteiger partial charge in [0.05, 0.1) is 11.3 Å². The Kier molecular flexibility index (Phi) is 5.50. The van der Waals surface area contributed by atoms with E-state index in [-0.39, 0.29) is 0 Å². The fourth-order valence-corrected chi connectivity index (χ4v) is 4.02. The maximum absolute atomic E-state index is 6.03. The van der Waals surface area contributed by atoms with Crippen molar-refractivity contribution in [1.82, 2.24) is 25.2 Å². The fourth-order valence-electron chi connectivity index (χ4n) is 4.02. The summed E-state index contributed by atoms with van der Waals surface area (Å²) >= 11 is 0. The minimum Gasteiger partial charge on any atom is -0.437 e. The largest absolute Gasteiger partial charge is 0.437 e. The standard InChI is InChI=1S/C20H28N6O/c1-15-19(23-14-24-20(15)27-18-4-3-7-22-16(18)2)26-10-5-17(6-11-26)25-12-8-21-9-13-25/h3-4,7,14,17,21H,5-6,8-13H2,1-2H3. The number of hydrogen-bond acceptors (Lipinski definition) is 7. The monoisotopic (exact) mass is 368 g/mol. The molecule has 0 amide bonds. The molecule has 2 aliphatic rings. The van der Waals surface area contributed by atoms with Crippen molar-refractivity contribution in [3.63, 3.8) is 0 Å². The molecule has 2 aromatic heterocycles. The van der Waals surface area contributed by atoms with Crippen molar-refractivity contribution in [2.24, 2.45) is 0 Å². The number of nitrogens with one attached hydrogen (secondary N) is 1. The Morgan fingerprint density at radius 1 is 1.04 bits per heavy atom. The van der Waals surface area contributed by atoms with Crippen LogP contribution in [0.4, 0.5) is 5.82 Å². The molecular weight excluding hydrogens is 340 g/mol. The van der Waals surface area contributed by atoms with Crippen molar-refractivity contribution in [3.8, 4) is 11.6 Å². The molecule has 4 heterocycles. The molecule has 2 saturated heterocycles. The fraction of sp³-hybridized carbons (Fsp3) is 0.550. The Morgan fingerprint density at radius 3 is 2.56 bits per heavy atom. The number of nitrogens with zero attached hydrogens (tertiary/aromatic N) is 5. The molecule has 1 N–H and O–H groups in total. The molecule has 144 valence electrons. The van der Waals surface area contributed by atoms with Gasteiger partial charge in [-0.25, -0.2) is 9.97 Å². The third-order valence-electron chi connectivity index (χ3n) is 5.61. The Labute approximate surface area is 160 Å². The third kappa shape index (κ3) is 4.04. The average Bonchev–Trinajstić information content (AvgIpc) is 2.72. The van der Waals surface area contributed by atoms with Crippen LogP contribution < -0.4 is 15.0 Å². The number of piperidine rings is 1. The molecule has 4 rings (SSSR count). The Hall–Kier alpha value is -2.25. The van der Waals surface area contributed by atoms with Gasteiger partial charge >= 0.3 is 0 Å². The molecule has 0 aromatic carbocycles. The van der Waals surface area contributed by atoms with Crippen LogP contribution in [0.5, 0.6) is 11.6 Å². The van der Waals surface area contributed by atoms with E-state index in [2.05, 4.69) is 30.1 Å². The van der Waals surface area contributed by atoms with Gasteiger partial charge in [0.1, 0.15) is 12.1 Å². The lowest BCUT2D eigenvalue weighted by molar-refractivity contribution is 0.150. The molecule has 2 fully saturated rings. The van der Waals surface area contributed by atoms with Gasteiger partial charge in [0.2, 0.25) is 5.88 Å². The summed E-state index contributed by atoms with van der Waals surface area (Å²) in [5.41, 5.74) is 1.84. The van der Waals surface area contributed by atoms with Crippen molar-refractivity contribution in [1.29, 1.82) is 0 Å². The van der Waals surface area contributed by atoms with Crippen molar-refractivity contribution < 1.29 is 4.74 Å². The minimum absolute atomic E-state index is 0.611. The molecule has 7 heteroatoms. The summed E-state index contributed by atoms with van der Waals surface area (Å²) in [6.45, 7) is 10.6. The first kappa shape index (κ1) is 18.1. The number of aromatic nitrogens is 3.